The molecule has 0 spiro atoms. The van der Waals surface area contributed by atoms with Crippen LogP contribution in [0.2, 0.25) is 0 Å². The fourth-order valence-electron chi connectivity index (χ4n) is 4.36. The molecule has 0 aliphatic carbocycles. The molecule has 1 unspecified atom stereocenters. The van der Waals surface area contributed by atoms with Gasteiger partial charge in [0, 0.05) is 38.1 Å². The highest BCUT2D eigenvalue weighted by molar-refractivity contribution is 5.43. The number of aromatic amines is 1. The number of likely N-dealkylation sites (tertiary alicyclic amines) is 1. The number of phenolic OH excluding ortho intramolecular Hbond substituents is 2. The first-order valence-electron chi connectivity index (χ1n) is 10.3. The van der Waals surface area contributed by atoms with Crippen LogP contribution in [0.5, 0.6) is 11.5 Å². The van der Waals surface area contributed by atoms with Gasteiger partial charge in [0.05, 0.1) is 12.2 Å². The maximum absolute atomic E-state index is 12.6. The molecule has 0 bridgehead atoms. The minimum absolute atomic E-state index is 0.0611. The third-order valence-corrected chi connectivity index (χ3v) is 6.36. The smallest absolute Gasteiger partial charge is 0.277 e. The molecule has 4 heterocycles. The zero-order valence-electron chi connectivity index (χ0n) is 16.8. The van der Waals surface area contributed by atoms with E-state index in [0.29, 0.717) is 24.6 Å². The van der Waals surface area contributed by atoms with Crippen molar-refractivity contribution < 1.29 is 14.9 Å². The molecule has 2 aromatic heterocycles. The number of hydrogen-bond donors (Lipinski definition) is 3. The Morgan fingerprint density at radius 2 is 1.93 bits per heavy atom. The Morgan fingerprint density at radius 3 is 2.67 bits per heavy atom. The van der Waals surface area contributed by atoms with Crippen molar-refractivity contribution in [2.45, 2.75) is 37.6 Å². The predicted molar refractivity (Wildman–Crippen MR) is 109 cm³/mol. The molecule has 0 amide bonds. The molecule has 30 heavy (non-hydrogen) atoms. The molecular weight excluding hydrogens is 386 g/mol. The van der Waals surface area contributed by atoms with Crippen molar-refractivity contribution in [1.29, 1.82) is 0 Å². The number of aromatic nitrogens is 4. The van der Waals surface area contributed by atoms with Crippen LogP contribution in [0.1, 0.15) is 54.9 Å². The molecule has 9 nitrogen and oxygen atoms in total. The van der Waals surface area contributed by atoms with Crippen LogP contribution in [0.25, 0.3) is 5.52 Å². The quantitative estimate of drug-likeness (QED) is 0.561. The molecule has 0 saturated carbocycles. The van der Waals surface area contributed by atoms with Crippen molar-refractivity contribution in [1.82, 2.24) is 24.5 Å². The van der Waals surface area contributed by atoms with Gasteiger partial charge in [-0.15, -0.1) is 0 Å². The van der Waals surface area contributed by atoms with Crippen LogP contribution < -0.4 is 5.56 Å². The molecule has 3 aromatic rings. The number of rotatable bonds is 4. The molecule has 2 saturated heterocycles. The maximum Gasteiger partial charge on any atom is 0.277 e. The van der Waals surface area contributed by atoms with E-state index in [1.165, 1.54) is 6.07 Å². The van der Waals surface area contributed by atoms with Crippen LogP contribution >= 0.6 is 0 Å². The van der Waals surface area contributed by atoms with Crippen LogP contribution in [0.15, 0.2) is 29.2 Å². The highest BCUT2D eigenvalue weighted by Gasteiger charge is 2.34. The van der Waals surface area contributed by atoms with Crippen molar-refractivity contribution in [2.75, 3.05) is 26.3 Å². The predicted octanol–water partition coefficient (Wildman–Crippen LogP) is 1.88. The third-order valence-electron chi connectivity index (χ3n) is 6.36. The number of phenols is 2. The Hall–Kier alpha value is -2.91. The Morgan fingerprint density at radius 1 is 1.17 bits per heavy atom. The fourth-order valence-corrected chi connectivity index (χ4v) is 4.36. The van der Waals surface area contributed by atoms with E-state index in [4.69, 9.17) is 9.84 Å². The van der Waals surface area contributed by atoms with E-state index in [9.17, 15) is 15.0 Å². The zero-order valence-corrected chi connectivity index (χ0v) is 16.8. The number of aromatic hydroxyl groups is 2. The van der Waals surface area contributed by atoms with E-state index >= 15 is 0 Å². The van der Waals surface area contributed by atoms with Gasteiger partial charge in [-0.3, -0.25) is 9.69 Å². The van der Waals surface area contributed by atoms with E-state index in [1.54, 1.807) is 16.8 Å². The summed E-state index contributed by atoms with van der Waals surface area (Å²) in [5.74, 6) is 1.74. The minimum Gasteiger partial charge on any atom is -0.504 e. The van der Waals surface area contributed by atoms with Gasteiger partial charge in [0.1, 0.15) is 11.6 Å². The second kappa shape index (κ2) is 7.41. The summed E-state index contributed by atoms with van der Waals surface area (Å²) >= 11 is 0. The van der Waals surface area contributed by atoms with Crippen LogP contribution in [0.3, 0.4) is 0 Å². The first-order chi connectivity index (χ1) is 14.5. The number of hydrogen-bond acceptors (Lipinski definition) is 7. The molecule has 5 rings (SSSR count). The number of fused-ring (bicyclic) bond motifs is 1. The summed E-state index contributed by atoms with van der Waals surface area (Å²) in [5, 5.41) is 24.0. The number of nitrogens with one attached hydrogen (secondary N) is 1. The van der Waals surface area contributed by atoms with Crippen LogP contribution in [-0.4, -0.2) is 61.0 Å². The first-order valence-corrected chi connectivity index (χ1v) is 10.3. The summed E-state index contributed by atoms with van der Waals surface area (Å²) in [5.41, 5.74) is 1.27. The molecule has 2 aliphatic heterocycles. The monoisotopic (exact) mass is 411 g/mol. The molecule has 158 valence electrons. The SMILES string of the molecule is CC(c1nn2c(C3CCOCC3)ncc2c(=O)[nH]1)N1CC(c2ccc(O)c(O)c2)C1. The number of benzene rings is 1. The molecule has 2 aliphatic rings. The highest BCUT2D eigenvalue weighted by atomic mass is 16.5. The lowest BCUT2D eigenvalue weighted by Crippen LogP contribution is -2.46. The topological polar surface area (TPSA) is 116 Å². The van der Waals surface area contributed by atoms with E-state index in [1.807, 2.05) is 13.0 Å². The van der Waals surface area contributed by atoms with Crippen LogP contribution in [0.4, 0.5) is 0 Å². The van der Waals surface area contributed by atoms with Crippen molar-refractivity contribution >= 4 is 5.52 Å². The average Bonchev–Trinajstić information content (AvgIpc) is 3.15. The van der Waals surface area contributed by atoms with Gasteiger partial charge in [-0.25, -0.2) is 9.50 Å². The number of H-pyrrole nitrogens is 1. The third kappa shape index (κ3) is 3.23. The lowest BCUT2D eigenvalue weighted by atomic mass is 9.90. The largest absolute Gasteiger partial charge is 0.504 e. The van der Waals surface area contributed by atoms with Gasteiger partial charge < -0.3 is 19.9 Å². The Labute approximate surface area is 172 Å². The Bertz CT molecular complexity index is 1130. The Kier molecular flexibility index (Phi) is 4.71. The number of ether oxygens (including phenoxy) is 1. The standard InChI is InChI=1S/C21H25N5O4/c1-12(25-10-15(11-25)14-2-3-17(27)18(28)8-14)19-23-21(29)16-9-22-20(26(16)24-19)13-4-6-30-7-5-13/h2-3,8-9,12-13,15,27-28H,4-7,10-11H2,1H3,(H,23,24,29). The van der Waals surface area contributed by atoms with Crippen molar-refractivity contribution in [3.05, 3.63) is 52.0 Å². The van der Waals surface area contributed by atoms with Gasteiger partial charge in [-0.2, -0.15) is 5.10 Å². The van der Waals surface area contributed by atoms with Gasteiger partial charge in [-0.1, -0.05) is 6.07 Å². The summed E-state index contributed by atoms with van der Waals surface area (Å²) in [7, 11) is 0. The summed E-state index contributed by atoms with van der Waals surface area (Å²) in [4.78, 5) is 22.3. The van der Waals surface area contributed by atoms with E-state index in [-0.39, 0.29) is 34.9 Å². The van der Waals surface area contributed by atoms with Crippen LogP contribution in [0, 0.1) is 0 Å². The van der Waals surface area contributed by atoms with E-state index < -0.39 is 0 Å². The molecule has 1 atom stereocenters. The number of imidazole rings is 1. The van der Waals surface area contributed by atoms with Gasteiger partial charge >= 0.3 is 0 Å². The zero-order chi connectivity index (χ0) is 20.8. The molecule has 1 aromatic carbocycles. The van der Waals surface area contributed by atoms with Gasteiger partial charge in [-0.05, 0) is 37.5 Å². The summed E-state index contributed by atoms with van der Waals surface area (Å²) in [6.07, 6.45) is 3.36. The van der Waals surface area contributed by atoms with Crippen LogP contribution in [-0.2, 0) is 4.74 Å². The molecular formula is C21H25N5O4. The highest BCUT2D eigenvalue weighted by Crippen LogP contribution is 2.36. The van der Waals surface area contributed by atoms with E-state index in [0.717, 1.165) is 37.3 Å². The summed E-state index contributed by atoms with van der Waals surface area (Å²) < 4.78 is 7.15. The lowest BCUT2D eigenvalue weighted by molar-refractivity contribution is 0.0829. The molecule has 0 radical (unpaired) electrons. The normalized spacial score (nSPS) is 19.8. The number of nitrogens with zero attached hydrogens (tertiary/aromatic N) is 4. The first kappa shape index (κ1) is 19.1. The fraction of sp³-hybridized carbons (Fsp3) is 0.476. The van der Waals surface area contributed by atoms with Crippen molar-refractivity contribution in [2.24, 2.45) is 0 Å². The van der Waals surface area contributed by atoms with E-state index in [2.05, 4.69) is 14.9 Å². The average molecular weight is 411 g/mol. The molecule has 3 N–H and O–H groups in total. The second-order valence-corrected chi connectivity index (χ2v) is 8.21. The summed E-state index contributed by atoms with van der Waals surface area (Å²) in [6.45, 7) is 5.00. The minimum atomic E-state index is -0.182. The van der Waals surface area contributed by atoms with Gasteiger partial charge in [0.25, 0.3) is 5.56 Å². The lowest BCUT2D eigenvalue weighted by Gasteiger charge is -2.43. The van der Waals surface area contributed by atoms with Gasteiger partial charge in [0.2, 0.25) is 0 Å². The maximum atomic E-state index is 12.6. The second-order valence-electron chi connectivity index (χ2n) is 8.21. The molecule has 2 fully saturated rings. The Balaban J connectivity index is 1.37. The van der Waals surface area contributed by atoms with Crippen molar-refractivity contribution in [3.8, 4) is 11.5 Å². The summed E-state index contributed by atoms with van der Waals surface area (Å²) in [6, 6.07) is 4.90. The van der Waals surface area contributed by atoms with Gasteiger partial charge in [0.15, 0.2) is 17.0 Å². The molecule has 9 heteroatoms. The van der Waals surface area contributed by atoms with Crippen molar-refractivity contribution in [3.63, 3.8) is 0 Å².